The van der Waals surface area contributed by atoms with Crippen molar-refractivity contribution in [3.05, 3.63) is 29.2 Å². The van der Waals surface area contributed by atoms with Crippen LogP contribution in [-0.2, 0) is 6.54 Å². The highest BCUT2D eigenvalue weighted by atomic mass is 32.1. The lowest BCUT2D eigenvalue weighted by molar-refractivity contribution is 1.03. The molecule has 0 aromatic carbocycles. The quantitative estimate of drug-likeness (QED) is 0.627. The molecule has 0 atom stereocenters. The van der Waals surface area contributed by atoms with Gasteiger partial charge in [0.15, 0.2) is 5.82 Å². The molecule has 0 fully saturated rings. The molecule has 13 heavy (non-hydrogen) atoms. The van der Waals surface area contributed by atoms with E-state index in [1.165, 1.54) is 10.6 Å². The molecule has 0 unspecified atom stereocenters. The average Bonchev–Trinajstić information content (AvgIpc) is 2.72. The Morgan fingerprint density at radius 3 is 3.46 bits per heavy atom. The molecule has 5 heteroatoms. The molecular weight excluding hydrogens is 184 g/mol. The van der Waals surface area contributed by atoms with Crippen LogP contribution in [0.15, 0.2) is 22.8 Å². The van der Waals surface area contributed by atoms with Crippen LogP contribution in [0, 0.1) is 0 Å². The topological polar surface area (TPSA) is 43.1 Å². The van der Waals surface area contributed by atoms with Crippen molar-refractivity contribution in [3.8, 4) is 5.00 Å². The Kier molecular flexibility index (Phi) is 1.34. The first-order valence-corrected chi connectivity index (χ1v) is 4.80. The largest absolute Gasteiger partial charge is 0.284 e. The van der Waals surface area contributed by atoms with Crippen LogP contribution in [0.4, 0.5) is 0 Å². The van der Waals surface area contributed by atoms with Crippen molar-refractivity contribution in [2.75, 3.05) is 0 Å². The average molecular weight is 190 g/mol. The van der Waals surface area contributed by atoms with Gasteiger partial charge in [-0.25, -0.2) is 0 Å². The molecule has 2 aromatic heterocycles. The Bertz CT molecular complexity index is 468. The van der Waals surface area contributed by atoms with Gasteiger partial charge >= 0.3 is 0 Å². The van der Waals surface area contributed by atoms with Crippen molar-refractivity contribution < 1.29 is 0 Å². The maximum absolute atomic E-state index is 4.26. The summed E-state index contributed by atoms with van der Waals surface area (Å²) < 4.78 is 1.97. The molecular formula is C8H6N4S. The van der Waals surface area contributed by atoms with E-state index >= 15 is 0 Å². The fourth-order valence-corrected chi connectivity index (χ4v) is 2.27. The second-order valence-electron chi connectivity index (χ2n) is 2.78. The first-order chi connectivity index (χ1) is 6.45. The first-order valence-electron chi connectivity index (χ1n) is 3.92. The predicted octanol–water partition coefficient (Wildman–Crippen LogP) is 1.26. The third-order valence-corrected chi connectivity index (χ3v) is 2.94. The monoisotopic (exact) mass is 190 g/mol. The highest BCUT2D eigenvalue weighted by Crippen LogP contribution is 2.24. The van der Waals surface area contributed by atoms with E-state index in [-0.39, 0.29) is 0 Å². The van der Waals surface area contributed by atoms with Crippen LogP contribution < -0.4 is 0 Å². The third-order valence-electron chi connectivity index (χ3n) is 1.98. The van der Waals surface area contributed by atoms with Crippen LogP contribution in [0.2, 0.25) is 0 Å². The van der Waals surface area contributed by atoms with Crippen molar-refractivity contribution in [2.45, 2.75) is 6.54 Å². The molecule has 0 bridgehead atoms. The zero-order valence-electron chi connectivity index (χ0n) is 6.71. The second kappa shape index (κ2) is 2.50. The van der Waals surface area contributed by atoms with E-state index in [2.05, 4.69) is 26.6 Å². The lowest BCUT2D eigenvalue weighted by atomic mass is 10.3. The third kappa shape index (κ3) is 0.936. The minimum Gasteiger partial charge on any atom is -0.284 e. The van der Waals surface area contributed by atoms with Crippen LogP contribution in [0.1, 0.15) is 11.4 Å². The summed E-state index contributed by atoms with van der Waals surface area (Å²) in [7, 11) is 0. The van der Waals surface area contributed by atoms with E-state index in [1.54, 1.807) is 23.9 Å². The molecule has 64 valence electrons. The lowest BCUT2D eigenvalue weighted by Gasteiger charge is -1.98. The molecule has 0 amide bonds. The van der Waals surface area contributed by atoms with Crippen LogP contribution in [-0.4, -0.2) is 21.0 Å². The van der Waals surface area contributed by atoms with Gasteiger partial charge in [0, 0.05) is 5.56 Å². The Balaban J connectivity index is 2.34. The number of fused-ring (bicyclic) bond motifs is 3. The first kappa shape index (κ1) is 6.97. The molecule has 4 nitrogen and oxygen atoms in total. The molecule has 1 aliphatic heterocycles. The molecule has 0 spiro atoms. The molecule has 3 heterocycles. The fraction of sp³-hybridized carbons (Fsp3) is 0.125. The number of hydrogen-bond donors (Lipinski definition) is 0. The van der Waals surface area contributed by atoms with Crippen molar-refractivity contribution in [1.82, 2.24) is 14.8 Å². The number of aliphatic imine (C=N–C) groups is 1. The minimum atomic E-state index is 0.738. The molecule has 0 radical (unpaired) electrons. The number of hydrogen-bond acceptors (Lipinski definition) is 4. The van der Waals surface area contributed by atoms with Gasteiger partial charge in [-0.3, -0.25) is 9.56 Å². The van der Waals surface area contributed by atoms with E-state index in [0.717, 1.165) is 12.4 Å². The summed E-state index contributed by atoms with van der Waals surface area (Å²) in [6.07, 6.45) is 3.49. The van der Waals surface area contributed by atoms with Gasteiger partial charge in [0.25, 0.3) is 0 Å². The summed E-state index contributed by atoms with van der Waals surface area (Å²) in [5, 5.41) is 11.1. The van der Waals surface area contributed by atoms with Crippen LogP contribution in [0.3, 0.4) is 0 Å². The van der Waals surface area contributed by atoms with Crippen LogP contribution in [0.25, 0.3) is 5.00 Å². The normalized spacial score (nSPS) is 13.5. The Morgan fingerprint density at radius 1 is 1.46 bits per heavy atom. The van der Waals surface area contributed by atoms with E-state index in [1.807, 2.05) is 4.57 Å². The van der Waals surface area contributed by atoms with Gasteiger partial charge in [-0.05, 0) is 11.4 Å². The fourth-order valence-electron chi connectivity index (χ4n) is 1.37. The number of thiophene rings is 1. The van der Waals surface area contributed by atoms with E-state index in [9.17, 15) is 0 Å². The number of nitrogens with zero attached hydrogens (tertiary/aromatic N) is 4. The van der Waals surface area contributed by atoms with E-state index in [0.29, 0.717) is 0 Å². The van der Waals surface area contributed by atoms with Gasteiger partial charge in [0.1, 0.15) is 11.3 Å². The highest BCUT2D eigenvalue weighted by Gasteiger charge is 2.12. The standard InChI is InChI=1S/C8H6N4S/c1-2-13-8-6(1)3-9-4-7-11-10-5-12(7)8/h1-2,4-5H,3H2. The number of aromatic nitrogens is 3. The molecule has 0 N–H and O–H groups in total. The second-order valence-corrected chi connectivity index (χ2v) is 3.67. The van der Waals surface area contributed by atoms with Crippen LogP contribution in [0.5, 0.6) is 0 Å². The number of rotatable bonds is 0. The summed E-state index contributed by atoms with van der Waals surface area (Å²) in [6, 6.07) is 2.09. The zero-order valence-corrected chi connectivity index (χ0v) is 7.53. The van der Waals surface area contributed by atoms with Gasteiger partial charge in [-0.15, -0.1) is 21.5 Å². The Hall–Kier alpha value is -1.49. The van der Waals surface area contributed by atoms with Gasteiger partial charge in [0.05, 0.1) is 12.8 Å². The lowest BCUT2D eigenvalue weighted by Crippen LogP contribution is -1.96. The van der Waals surface area contributed by atoms with Crippen molar-refractivity contribution >= 4 is 17.6 Å². The maximum atomic E-state index is 4.26. The summed E-state index contributed by atoms with van der Waals surface area (Å²) in [4.78, 5) is 4.26. The molecule has 1 aliphatic rings. The molecule has 0 aliphatic carbocycles. The summed E-state index contributed by atoms with van der Waals surface area (Å²) in [5.74, 6) is 0.807. The van der Waals surface area contributed by atoms with Gasteiger partial charge in [-0.1, -0.05) is 0 Å². The summed E-state index contributed by atoms with van der Waals surface area (Å²) in [5.41, 5.74) is 1.24. The zero-order chi connectivity index (χ0) is 8.67. The minimum absolute atomic E-state index is 0.738. The smallest absolute Gasteiger partial charge is 0.179 e. The SMILES string of the molecule is C1=NCc2ccsc2-n2cnnc21. The molecule has 0 saturated heterocycles. The maximum Gasteiger partial charge on any atom is 0.179 e. The molecule has 3 rings (SSSR count). The molecule has 2 aromatic rings. The van der Waals surface area contributed by atoms with Crippen molar-refractivity contribution in [1.29, 1.82) is 0 Å². The van der Waals surface area contributed by atoms with Gasteiger partial charge in [0.2, 0.25) is 0 Å². The van der Waals surface area contributed by atoms with E-state index in [4.69, 9.17) is 0 Å². The van der Waals surface area contributed by atoms with Crippen LogP contribution >= 0.6 is 11.3 Å². The van der Waals surface area contributed by atoms with Crippen molar-refractivity contribution in [2.24, 2.45) is 4.99 Å². The Morgan fingerprint density at radius 2 is 2.46 bits per heavy atom. The van der Waals surface area contributed by atoms with Gasteiger partial charge < -0.3 is 0 Å². The summed E-state index contributed by atoms with van der Waals surface area (Å²) in [6.45, 7) is 0.738. The van der Waals surface area contributed by atoms with E-state index < -0.39 is 0 Å². The van der Waals surface area contributed by atoms with Gasteiger partial charge in [-0.2, -0.15) is 0 Å². The highest BCUT2D eigenvalue weighted by molar-refractivity contribution is 7.12. The molecule has 0 saturated carbocycles. The summed E-state index contributed by atoms with van der Waals surface area (Å²) >= 11 is 1.69. The Labute approximate surface area is 78.6 Å². The van der Waals surface area contributed by atoms with Crippen molar-refractivity contribution in [3.63, 3.8) is 0 Å². The predicted molar refractivity (Wildman–Crippen MR) is 50.5 cm³/mol.